The number of nitrogens with zero attached hydrogens (tertiary/aromatic N) is 3. The van der Waals surface area contributed by atoms with Gasteiger partial charge in [-0.25, -0.2) is 0 Å². The first-order valence-electron chi connectivity index (χ1n) is 6.50. The Hall–Kier alpha value is -1.32. The lowest BCUT2D eigenvalue weighted by Crippen LogP contribution is -2.38. The van der Waals surface area contributed by atoms with E-state index in [9.17, 15) is 4.79 Å². The molecule has 0 atom stereocenters. The largest absolute Gasteiger partial charge is 0.469 e. The number of halogens is 1. The number of nitrogens with one attached hydrogen (secondary N) is 2. The lowest BCUT2D eigenvalue weighted by molar-refractivity contribution is -0.140. The zero-order valence-corrected chi connectivity index (χ0v) is 15.5. The maximum Gasteiger partial charge on any atom is 0.307 e. The number of rotatable bonds is 5. The van der Waals surface area contributed by atoms with E-state index in [0.717, 1.165) is 17.0 Å². The van der Waals surface area contributed by atoms with E-state index in [1.165, 1.54) is 7.11 Å². The van der Waals surface area contributed by atoms with Crippen LogP contribution in [-0.2, 0) is 23.1 Å². The van der Waals surface area contributed by atoms with Crippen molar-refractivity contribution < 1.29 is 9.53 Å². The monoisotopic (exact) mass is 409 g/mol. The number of esters is 1. The average Bonchev–Trinajstić information content (AvgIpc) is 2.67. The molecule has 7 nitrogen and oxygen atoms in total. The van der Waals surface area contributed by atoms with Gasteiger partial charge in [-0.05, 0) is 13.8 Å². The first-order chi connectivity index (χ1) is 9.49. The summed E-state index contributed by atoms with van der Waals surface area (Å²) in [6, 6.07) is 0. The van der Waals surface area contributed by atoms with E-state index < -0.39 is 0 Å². The minimum atomic E-state index is -0.244. The molecule has 0 fully saturated rings. The Morgan fingerprint density at radius 2 is 2.05 bits per heavy atom. The number of ether oxygens (including phenoxy) is 1. The molecule has 0 spiro atoms. The van der Waals surface area contributed by atoms with E-state index >= 15 is 0 Å². The lowest BCUT2D eigenvalue weighted by Gasteiger charge is -2.11. The van der Waals surface area contributed by atoms with Gasteiger partial charge >= 0.3 is 5.97 Å². The van der Waals surface area contributed by atoms with Gasteiger partial charge in [0.25, 0.3) is 0 Å². The summed E-state index contributed by atoms with van der Waals surface area (Å²) in [7, 11) is 5.00. The summed E-state index contributed by atoms with van der Waals surface area (Å²) >= 11 is 0. The standard InChI is InChI=1S/C13H23N5O2.HI/c1-9-11(10(2)18(4)17-9)8-16-13(14-3)15-7-6-12(19)20-5;/h6-8H2,1-5H3,(H2,14,15,16);1H. The number of guanidine groups is 1. The maximum absolute atomic E-state index is 11.0. The number of carbonyl (C=O) groups excluding carboxylic acids is 1. The first kappa shape index (κ1) is 19.7. The molecule has 0 aliphatic carbocycles. The van der Waals surface area contributed by atoms with E-state index in [4.69, 9.17) is 0 Å². The fraction of sp³-hybridized carbons (Fsp3) is 0.615. The Bertz CT molecular complexity index is 499. The van der Waals surface area contributed by atoms with Gasteiger partial charge in [0.05, 0.1) is 19.2 Å². The summed E-state index contributed by atoms with van der Waals surface area (Å²) in [5.41, 5.74) is 3.28. The summed E-state index contributed by atoms with van der Waals surface area (Å²) in [6.45, 7) is 5.14. The van der Waals surface area contributed by atoms with Crippen LogP contribution in [0.3, 0.4) is 0 Å². The zero-order valence-electron chi connectivity index (χ0n) is 13.2. The van der Waals surface area contributed by atoms with Crippen molar-refractivity contribution in [1.82, 2.24) is 20.4 Å². The van der Waals surface area contributed by atoms with Crippen LogP contribution in [0.4, 0.5) is 0 Å². The molecule has 2 N–H and O–H groups in total. The molecule has 0 amide bonds. The smallest absolute Gasteiger partial charge is 0.307 e. The number of hydrogen-bond donors (Lipinski definition) is 2. The van der Waals surface area contributed by atoms with Gasteiger partial charge in [-0.2, -0.15) is 5.10 Å². The Kier molecular flexibility index (Phi) is 8.98. The third-order valence-corrected chi connectivity index (χ3v) is 3.16. The number of aliphatic imine (C=N–C) groups is 1. The average molecular weight is 409 g/mol. The quantitative estimate of drug-likeness (QED) is 0.327. The Labute approximate surface area is 142 Å². The highest BCUT2D eigenvalue weighted by atomic mass is 127. The molecule has 120 valence electrons. The van der Waals surface area contributed by atoms with Crippen LogP contribution in [0, 0.1) is 13.8 Å². The van der Waals surface area contributed by atoms with Crippen molar-refractivity contribution >= 4 is 35.9 Å². The van der Waals surface area contributed by atoms with Gasteiger partial charge in [-0.15, -0.1) is 24.0 Å². The summed E-state index contributed by atoms with van der Waals surface area (Å²) in [4.78, 5) is 15.1. The molecular formula is C13H24IN5O2. The summed E-state index contributed by atoms with van der Waals surface area (Å²) in [6.07, 6.45) is 0.308. The molecule has 0 unspecified atom stereocenters. The summed E-state index contributed by atoms with van der Waals surface area (Å²) in [5, 5.41) is 10.6. The van der Waals surface area contributed by atoms with Crippen molar-refractivity contribution in [3.63, 3.8) is 0 Å². The number of aryl methyl sites for hydroxylation is 2. The molecule has 8 heteroatoms. The van der Waals surface area contributed by atoms with Gasteiger partial charge in [0.15, 0.2) is 5.96 Å². The van der Waals surface area contributed by atoms with Crippen LogP contribution < -0.4 is 10.6 Å². The molecule has 0 saturated heterocycles. The van der Waals surface area contributed by atoms with Crippen molar-refractivity contribution in [2.24, 2.45) is 12.0 Å². The maximum atomic E-state index is 11.0. The normalized spacial score (nSPS) is 10.8. The van der Waals surface area contributed by atoms with Gasteiger partial charge in [0, 0.05) is 38.4 Å². The molecule has 0 aliphatic rings. The van der Waals surface area contributed by atoms with Crippen LogP contribution in [-0.4, -0.2) is 42.4 Å². The number of aromatic nitrogens is 2. The third-order valence-electron chi connectivity index (χ3n) is 3.16. The van der Waals surface area contributed by atoms with Crippen LogP contribution in [0.25, 0.3) is 0 Å². The van der Waals surface area contributed by atoms with Crippen LogP contribution >= 0.6 is 24.0 Å². The minimum absolute atomic E-state index is 0. The van der Waals surface area contributed by atoms with Gasteiger partial charge < -0.3 is 15.4 Å². The zero-order chi connectivity index (χ0) is 15.1. The third kappa shape index (κ3) is 5.90. The lowest BCUT2D eigenvalue weighted by atomic mass is 10.2. The predicted molar refractivity (Wildman–Crippen MR) is 92.9 cm³/mol. The van der Waals surface area contributed by atoms with E-state index in [-0.39, 0.29) is 29.9 Å². The molecule has 0 aliphatic heterocycles. The van der Waals surface area contributed by atoms with Crippen LogP contribution in [0.5, 0.6) is 0 Å². The fourth-order valence-corrected chi connectivity index (χ4v) is 1.85. The second-order valence-electron chi connectivity index (χ2n) is 4.45. The number of methoxy groups -OCH3 is 1. The molecule has 21 heavy (non-hydrogen) atoms. The van der Waals surface area contributed by atoms with Crippen molar-refractivity contribution in [2.75, 3.05) is 20.7 Å². The summed E-state index contributed by atoms with van der Waals surface area (Å²) in [5.74, 6) is 0.406. The van der Waals surface area contributed by atoms with E-state index in [0.29, 0.717) is 25.5 Å². The Morgan fingerprint density at radius 1 is 1.38 bits per heavy atom. The molecule has 1 rings (SSSR count). The minimum Gasteiger partial charge on any atom is -0.469 e. The summed E-state index contributed by atoms with van der Waals surface area (Å²) < 4.78 is 6.44. The molecule has 1 heterocycles. The second kappa shape index (κ2) is 9.59. The van der Waals surface area contributed by atoms with Crippen molar-refractivity contribution in [1.29, 1.82) is 0 Å². The van der Waals surface area contributed by atoms with Crippen LogP contribution in [0.2, 0.25) is 0 Å². The van der Waals surface area contributed by atoms with Crippen LogP contribution in [0.1, 0.15) is 23.4 Å². The van der Waals surface area contributed by atoms with Gasteiger partial charge in [-0.3, -0.25) is 14.5 Å². The molecule has 0 bridgehead atoms. The molecule has 0 radical (unpaired) electrons. The topological polar surface area (TPSA) is 80.5 Å². The first-order valence-corrected chi connectivity index (χ1v) is 6.50. The molecular weight excluding hydrogens is 385 g/mol. The molecule has 0 aromatic carbocycles. The molecule has 1 aromatic rings. The van der Waals surface area contributed by atoms with E-state index in [1.54, 1.807) is 7.05 Å². The van der Waals surface area contributed by atoms with E-state index in [2.05, 4.69) is 25.5 Å². The van der Waals surface area contributed by atoms with Gasteiger partial charge in [0.1, 0.15) is 0 Å². The van der Waals surface area contributed by atoms with Crippen molar-refractivity contribution in [3.05, 3.63) is 17.0 Å². The van der Waals surface area contributed by atoms with Gasteiger partial charge in [0.2, 0.25) is 0 Å². The molecule has 1 aromatic heterocycles. The number of carbonyl (C=O) groups is 1. The van der Waals surface area contributed by atoms with Gasteiger partial charge in [-0.1, -0.05) is 0 Å². The second-order valence-corrected chi connectivity index (χ2v) is 4.45. The fourth-order valence-electron chi connectivity index (χ4n) is 1.85. The predicted octanol–water partition coefficient (Wildman–Crippen LogP) is 0.883. The van der Waals surface area contributed by atoms with E-state index in [1.807, 2.05) is 25.6 Å². The van der Waals surface area contributed by atoms with Crippen LogP contribution in [0.15, 0.2) is 4.99 Å². The highest BCUT2D eigenvalue weighted by molar-refractivity contribution is 14.0. The molecule has 0 saturated carbocycles. The van der Waals surface area contributed by atoms with Crippen molar-refractivity contribution in [2.45, 2.75) is 26.8 Å². The Balaban J connectivity index is 0.00000400. The highest BCUT2D eigenvalue weighted by Crippen LogP contribution is 2.10. The highest BCUT2D eigenvalue weighted by Gasteiger charge is 2.09. The van der Waals surface area contributed by atoms with Crippen molar-refractivity contribution in [3.8, 4) is 0 Å². The Morgan fingerprint density at radius 3 is 2.52 bits per heavy atom. The SMILES string of the molecule is CN=C(NCCC(=O)OC)NCc1c(C)nn(C)c1C.I. The number of hydrogen-bond acceptors (Lipinski definition) is 4.